The fourth-order valence-electron chi connectivity index (χ4n) is 2.54. The van der Waals surface area contributed by atoms with Crippen molar-refractivity contribution in [1.29, 1.82) is 0 Å². The minimum atomic E-state index is 0.499. The molecule has 1 saturated carbocycles. The van der Waals surface area contributed by atoms with Crippen molar-refractivity contribution >= 4 is 11.8 Å². The van der Waals surface area contributed by atoms with E-state index >= 15 is 0 Å². The summed E-state index contributed by atoms with van der Waals surface area (Å²) in [5, 5.41) is 6.52. The summed E-state index contributed by atoms with van der Waals surface area (Å²) in [6.45, 7) is 0. The van der Waals surface area contributed by atoms with E-state index in [1.165, 1.54) is 25.7 Å². The van der Waals surface area contributed by atoms with Crippen molar-refractivity contribution in [1.82, 2.24) is 15.0 Å². The summed E-state index contributed by atoms with van der Waals surface area (Å²) in [7, 11) is 1.86. The van der Waals surface area contributed by atoms with E-state index in [9.17, 15) is 0 Å². The molecule has 0 aromatic carbocycles. The highest BCUT2D eigenvalue weighted by Gasteiger charge is 2.16. The van der Waals surface area contributed by atoms with Gasteiger partial charge in [0.25, 0.3) is 0 Å². The molecule has 0 radical (unpaired) electrons. The molecule has 0 spiro atoms. The summed E-state index contributed by atoms with van der Waals surface area (Å²) in [6, 6.07) is 8.25. The minimum absolute atomic E-state index is 0.499. The third-order valence-corrected chi connectivity index (χ3v) is 3.60. The lowest BCUT2D eigenvalue weighted by Gasteiger charge is -2.13. The minimum Gasteiger partial charge on any atom is -0.373 e. The summed E-state index contributed by atoms with van der Waals surface area (Å²) in [5.74, 6) is 1.49. The van der Waals surface area contributed by atoms with E-state index < -0.39 is 0 Å². The van der Waals surface area contributed by atoms with Gasteiger partial charge in [-0.3, -0.25) is 4.98 Å². The van der Waals surface area contributed by atoms with Gasteiger partial charge in [-0.25, -0.2) is 4.98 Å². The first-order valence-corrected chi connectivity index (χ1v) is 7.10. The highest BCUT2D eigenvalue weighted by Crippen LogP contribution is 2.23. The predicted molar refractivity (Wildman–Crippen MR) is 80.7 cm³/mol. The van der Waals surface area contributed by atoms with Gasteiger partial charge in [-0.1, -0.05) is 18.9 Å². The third-order valence-electron chi connectivity index (χ3n) is 3.60. The fraction of sp³-hybridized carbons (Fsp3) is 0.400. The van der Waals surface area contributed by atoms with Crippen molar-refractivity contribution in [2.45, 2.75) is 31.7 Å². The number of nitrogens with zero attached hydrogens (tertiary/aromatic N) is 3. The van der Waals surface area contributed by atoms with E-state index in [1.54, 1.807) is 6.20 Å². The van der Waals surface area contributed by atoms with Gasteiger partial charge in [0.15, 0.2) is 0 Å². The average Bonchev–Trinajstić information content (AvgIpc) is 3.00. The van der Waals surface area contributed by atoms with E-state index in [2.05, 4.69) is 25.6 Å². The van der Waals surface area contributed by atoms with E-state index in [4.69, 9.17) is 0 Å². The lowest BCUT2D eigenvalue weighted by molar-refractivity contribution is 0.744. The SMILES string of the molecule is CNc1cc(-c2ccccn2)nc(NC2CCCC2)n1. The van der Waals surface area contributed by atoms with Crippen molar-refractivity contribution < 1.29 is 0 Å². The molecule has 0 aliphatic heterocycles. The van der Waals surface area contributed by atoms with Gasteiger partial charge in [-0.15, -0.1) is 0 Å². The lowest BCUT2D eigenvalue weighted by atomic mass is 10.2. The number of nitrogens with one attached hydrogen (secondary N) is 2. The van der Waals surface area contributed by atoms with Gasteiger partial charge in [-0.05, 0) is 25.0 Å². The van der Waals surface area contributed by atoms with Crippen molar-refractivity contribution in [3.63, 3.8) is 0 Å². The molecule has 0 unspecified atom stereocenters. The van der Waals surface area contributed by atoms with Crippen molar-refractivity contribution in [2.24, 2.45) is 0 Å². The maximum absolute atomic E-state index is 4.59. The predicted octanol–water partition coefficient (Wildman–Crippen LogP) is 2.93. The molecule has 0 amide bonds. The van der Waals surface area contributed by atoms with Crippen LogP contribution in [-0.2, 0) is 0 Å². The van der Waals surface area contributed by atoms with Crippen LogP contribution >= 0.6 is 0 Å². The maximum atomic E-state index is 4.59. The van der Waals surface area contributed by atoms with Gasteiger partial charge >= 0.3 is 0 Å². The van der Waals surface area contributed by atoms with Crippen LogP contribution in [0.25, 0.3) is 11.4 Å². The van der Waals surface area contributed by atoms with Gasteiger partial charge in [0.05, 0.1) is 11.4 Å². The van der Waals surface area contributed by atoms with Crippen LogP contribution in [0, 0.1) is 0 Å². The van der Waals surface area contributed by atoms with Gasteiger partial charge in [0, 0.05) is 25.4 Å². The Bertz CT molecular complexity index is 564. The molecule has 5 nitrogen and oxygen atoms in total. The zero-order valence-corrected chi connectivity index (χ0v) is 11.6. The molecule has 5 heteroatoms. The van der Waals surface area contributed by atoms with Crippen LogP contribution in [0.1, 0.15) is 25.7 Å². The van der Waals surface area contributed by atoms with E-state index in [-0.39, 0.29) is 0 Å². The average molecular weight is 269 g/mol. The first-order chi connectivity index (χ1) is 9.85. The standard InChI is InChI=1S/C15H19N5/c1-16-14-10-13(12-8-4-5-9-17-12)19-15(20-14)18-11-6-2-3-7-11/h4-5,8-11H,2-3,6-7H2,1H3,(H2,16,18,19,20). The zero-order valence-electron chi connectivity index (χ0n) is 11.6. The normalized spacial score (nSPS) is 15.2. The molecule has 1 fully saturated rings. The molecule has 3 rings (SSSR count). The molecule has 2 heterocycles. The third kappa shape index (κ3) is 2.87. The second-order valence-corrected chi connectivity index (χ2v) is 5.05. The summed E-state index contributed by atoms with van der Waals surface area (Å²) >= 11 is 0. The molecule has 104 valence electrons. The molecule has 1 aliphatic carbocycles. The highest BCUT2D eigenvalue weighted by atomic mass is 15.2. The fourth-order valence-corrected chi connectivity index (χ4v) is 2.54. The van der Waals surface area contributed by atoms with Gasteiger partial charge < -0.3 is 10.6 Å². The molecule has 2 aromatic heterocycles. The molecule has 20 heavy (non-hydrogen) atoms. The monoisotopic (exact) mass is 269 g/mol. The quantitative estimate of drug-likeness (QED) is 0.893. The first-order valence-electron chi connectivity index (χ1n) is 7.10. The number of aromatic nitrogens is 3. The second kappa shape index (κ2) is 5.86. The number of anilines is 2. The second-order valence-electron chi connectivity index (χ2n) is 5.05. The van der Waals surface area contributed by atoms with Crippen LogP contribution in [0.4, 0.5) is 11.8 Å². The molecule has 0 saturated heterocycles. The van der Waals surface area contributed by atoms with Crippen LogP contribution in [0.2, 0.25) is 0 Å². The summed E-state index contributed by atoms with van der Waals surface area (Å²) in [6.07, 6.45) is 6.76. The highest BCUT2D eigenvalue weighted by molar-refractivity contribution is 5.60. The molecular formula is C15H19N5. The topological polar surface area (TPSA) is 62.7 Å². The molecule has 0 atom stereocenters. The number of pyridine rings is 1. The van der Waals surface area contributed by atoms with Crippen molar-refractivity contribution in [3.8, 4) is 11.4 Å². The number of hydrogen-bond acceptors (Lipinski definition) is 5. The molecule has 2 N–H and O–H groups in total. The zero-order chi connectivity index (χ0) is 13.8. The largest absolute Gasteiger partial charge is 0.373 e. The van der Waals surface area contributed by atoms with E-state index in [0.717, 1.165) is 17.2 Å². The van der Waals surface area contributed by atoms with Gasteiger partial charge in [0.1, 0.15) is 5.82 Å². The lowest BCUT2D eigenvalue weighted by Crippen LogP contribution is -2.17. The van der Waals surface area contributed by atoms with Crippen LogP contribution in [0.15, 0.2) is 30.5 Å². The van der Waals surface area contributed by atoms with Gasteiger partial charge in [-0.2, -0.15) is 4.98 Å². The molecule has 0 bridgehead atoms. The Morgan fingerprint density at radius 1 is 1.10 bits per heavy atom. The van der Waals surface area contributed by atoms with Crippen molar-refractivity contribution in [3.05, 3.63) is 30.5 Å². The Labute approximate surface area is 118 Å². The van der Waals surface area contributed by atoms with Crippen LogP contribution < -0.4 is 10.6 Å². The Balaban J connectivity index is 1.90. The van der Waals surface area contributed by atoms with Crippen LogP contribution in [0.5, 0.6) is 0 Å². The summed E-state index contributed by atoms with van der Waals surface area (Å²) < 4.78 is 0. The Hall–Kier alpha value is -2.17. The van der Waals surface area contributed by atoms with E-state index in [0.29, 0.717) is 12.0 Å². The van der Waals surface area contributed by atoms with Crippen LogP contribution in [-0.4, -0.2) is 28.0 Å². The van der Waals surface area contributed by atoms with Crippen LogP contribution in [0.3, 0.4) is 0 Å². The molecule has 1 aliphatic rings. The number of hydrogen-bond donors (Lipinski definition) is 2. The maximum Gasteiger partial charge on any atom is 0.225 e. The molecule has 2 aromatic rings. The number of rotatable bonds is 4. The van der Waals surface area contributed by atoms with Crippen molar-refractivity contribution in [2.75, 3.05) is 17.7 Å². The molecular weight excluding hydrogens is 250 g/mol. The van der Waals surface area contributed by atoms with E-state index in [1.807, 2.05) is 31.3 Å². The Kier molecular flexibility index (Phi) is 3.76. The summed E-state index contributed by atoms with van der Waals surface area (Å²) in [4.78, 5) is 13.4. The smallest absolute Gasteiger partial charge is 0.225 e. The Morgan fingerprint density at radius 3 is 2.65 bits per heavy atom. The van der Waals surface area contributed by atoms with Gasteiger partial charge in [0.2, 0.25) is 5.95 Å². The summed E-state index contributed by atoms with van der Waals surface area (Å²) in [5.41, 5.74) is 1.70. The first kappa shape index (κ1) is 12.8. The Morgan fingerprint density at radius 2 is 1.95 bits per heavy atom.